The molecule has 1 atom stereocenters. The molecule has 1 aromatic rings. The van der Waals surface area contributed by atoms with Gasteiger partial charge in [0.15, 0.2) is 0 Å². The summed E-state index contributed by atoms with van der Waals surface area (Å²) in [5.74, 6) is 7.76. The Labute approximate surface area is 128 Å². The quantitative estimate of drug-likeness (QED) is 0.598. The first kappa shape index (κ1) is 16.5. The molecule has 0 spiro atoms. The molecular weight excluding hydrogens is 264 g/mol. The summed E-state index contributed by atoms with van der Waals surface area (Å²) in [6.07, 6.45) is 9.27. The molecule has 0 bridgehead atoms. The molecule has 1 fully saturated rings. The monoisotopic (exact) mass is 294 g/mol. The van der Waals surface area contributed by atoms with E-state index in [9.17, 15) is 0 Å². The van der Waals surface area contributed by atoms with E-state index >= 15 is 0 Å². The first-order valence-electron chi connectivity index (χ1n) is 8.25. The average molecular weight is 294 g/mol. The van der Waals surface area contributed by atoms with Gasteiger partial charge in [-0.2, -0.15) is 0 Å². The van der Waals surface area contributed by atoms with Gasteiger partial charge in [-0.05, 0) is 45.4 Å². The largest absolute Gasteiger partial charge is 0.374 e. The Balaban J connectivity index is 2.16. The van der Waals surface area contributed by atoms with Crippen LogP contribution in [-0.4, -0.2) is 27.8 Å². The Morgan fingerprint density at radius 2 is 2.19 bits per heavy atom. The fourth-order valence-electron chi connectivity index (χ4n) is 3.53. The van der Waals surface area contributed by atoms with E-state index in [2.05, 4.69) is 35.7 Å². The van der Waals surface area contributed by atoms with Crippen molar-refractivity contribution in [3.63, 3.8) is 0 Å². The van der Waals surface area contributed by atoms with Gasteiger partial charge < -0.3 is 9.30 Å². The van der Waals surface area contributed by atoms with E-state index in [-0.39, 0.29) is 11.6 Å². The molecule has 5 nitrogen and oxygen atoms in total. The van der Waals surface area contributed by atoms with Gasteiger partial charge in [0.1, 0.15) is 5.82 Å². The highest BCUT2D eigenvalue weighted by atomic mass is 16.5. The number of hydrazine groups is 1. The molecule has 1 unspecified atom stereocenters. The third-order valence-electron chi connectivity index (χ3n) is 4.92. The Bertz CT molecular complexity index is 424. The summed E-state index contributed by atoms with van der Waals surface area (Å²) >= 11 is 0. The summed E-state index contributed by atoms with van der Waals surface area (Å²) in [7, 11) is 0. The van der Waals surface area contributed by atoms with Crippen LogP contribution < -0.4 is 11.3 Å². The number of hydrogen-bond donors (Lipinski definition) is 2. The van der Waals surface area contributed by atoms with Gasteiger partial charge in [-0.15, -0.1) is 0 Å². The number of aromatic nitrogens is 2. The molecule has 0 saturated heterocycles. The van der Waals surface area contributed by atoms with Crippen molar-refractivity contribution in [1.82, 2.24) is 15.0 Å². The number of hydrogen-bond acceptors (Lipinski definition) is 4. The number of nitrogens with zero attached hydrogens (tertiary/aromatic N) is 2. The molecule has 0 aliphatic heterocycles. The van der Waals surface area contributed by atoms with E-state index in [4.69, 9.17) is 10.6 Å². The van der Waals surface area contributed by atoms with E-state index < -0.39 is 0 Å². The van der Waals surface area contributed by atoms with Crippen LogP contribution in [0.1, 0.15) is 52.3 Å². The molecule has 1 aromatic heterocycles. The average Bonchev–Trinajstić information content (AvgIpc) is 2.95. The molecule has 1 saturated carbocycles. The zero-order valence-corrected chi connectivity index (χ0v) is 13.6. The van der Waals surface area contributed by atoms with Gasteiger partial charge in [0.05, 0.1) is 11.6 Å². The number of aryl methyl sites for hydroxylation is 1. The predicted octanol–water partition coefficient (Wildman–Crippen LogP) is 2.26. The van der Waals surface area contributed by atoms with Crippen LogP contribution in [0.25, 0.3) is 0 Å². The van der Waals surface area contributed by atoms with Crippen LogP contribution >= 0.6 is 0 Å². The lowest BCUT2D eigenvalue weighted by Crippen LogP contribution is -2.57. The van der Waals surface area contributed by atoms with Gasteiger partial charge in [0.25, 0.3) is 0 Å². The van der Waals surface area contributed by atoms with Gasteiger partial charge in [-0.3, -0.25) is 11.3 Å². The van der Waals surface area contributed by atoms with Crippen LogP contribution in [0.15, 0.2) is 12.4 Å². The fourth-order valence-corrected chi connectivity index (χ4v) is 3.53. The van der Waals surface area contributed by atoms with Crippen LogP contribution in [-0.2, 0) is 17.7 Å². The second-order valence-corrected chi connectivity index (χ2v) is 6.23. The van der Waals surface area contributed by atoms with E-state index in [1.54, 1.807) is 0 Å². The van der Waals surface area contributed by atoms with Gasteiger partial charge >= 0.3 is 0 Å². The van der Waals surface area contributed by atoms with Crippen LogP contribution in [0.4, 0.5) is 0 Å². The number of nitrogens with two attached hydrogens (primary N) is 1. The van der Waals surface area contributed by atoms with Crippen LogP contribution in [0, 0.1) is 5.92 Å². The van der Waals surface area contributed by atoms with Crippen molar-refractivity contribution in [3.05, 3.63) is 18.2 Å². The molecule has 2 rings (SSSR count). The van der Waals surface area contributed by atoms with Gasteiger partial charge in [0, 0.05) is 32.0 Å². The van der Waals surface area contributed by atoms with Crippen molar-refractivity contribution in [2.45, 2.75) is 71.1 Å². The molecular formula is C16H30N4O. The van der Waals surface area contributed by atoms with Crippen LogP contribution in [0.5, 0.6) is 0 Å². The molecule has 0 radical (unpaired) electrons. The van der Waals surface area contributed by atoms with E-state index in [1.807, 2.05) is 12.4 Å². The zero-order valence-electron chi connectivity index (χ0n) is 13.6. The van der Waals surface area contributed by atoms with Crippen LogP contribution in [0.2, 0.25) is 0 Å². The molecule has 1 aliphatic carbocycles. The standard InChI is InChI=1S/C16H30N4O/c1-4-20-11-10-18-15(20)12-14(19-17)16(21-5-2)8-6-13(3)7-9-16/h10-11,13-14,19H,4-9,12,17H2,1-3H3. The fraction of sp³-hybridized carbons (Fsp3) is 0.812. The maximum Gasteiger partial charge on any atom is 0.110 e. The maximum atomic E-state index is 6.21. The summed E-state index contributed by atoms with van der Waals surface area (Å²) in [6, 6.07) is 0.109. The van der Waals surface area contributed by atoms with Crippen molar-refractivity contribution in [1.29, 1.82) is 0 Å². The summed E-state index contributed by atoms with van der Waals surface area (Å²) in [5, 5.41) is 0. The van der Waals surface area contributed by atoms with Crippen molar-refractivity contribution in [2.75, 3.05) is 6.61 Å². The molecule has 120 valence electrons. The molecule has 1 heterocycles. The van der Waals surface area contributed by atoms with Gasteiger partial charge in [-0.1, -0.05) is 6.92 Å². The zero-order chi connectivity index (χ0) is 15.3. The van der Waals surface area contributed by atoms with E-state index in [0.717, 1.165) is 44.2 Å². The van der Waals surface area contributed by atoms with Gasteiger partial charge in [-0.25, -0.2) is 4.98 Å². The highest BCUT2D eigenvalue weighted by Crippen LogP contribution is 2.38. The molecule has 3 N–H and O–H groups in total. The van der Waals surface area contributed by atoms with Gasteiger partial charge in [0.2, 0.25) is 0 Å². The highest BCUT2D eigenvalue weighted by Gasteiger charge is 2.42. The third-order valence-corrected chi connectivity index (χ3v) is 4.92. The third kappa shape index (κ3) is 3.65. The van der Waals surface area contributed by atoms with E-state index in [0.29, 0.717) is 0 Å². The number of ether oxygens (including phenoxy) is 1. The first-order valence-corrected chi connectivity index (χ1v) is 8.25. The second kappa shape index (κ2) is 7.38. The van der Waals surface area contributed by atoms with Crippen molar-refractivity contribution >= 4 is 0 Å². The molecule has 21 heavy (non-hydrogen) atoms. The Hall–Kier alpha value is -0.910. The molecule has 0 aromatic carbocycles. The number of nitrogens with one attached hydrogen (secondary N) is 1. The lowest BCUT2D eigenvalue weighted by molar-refractivity contribution is -0.0966. The molecule has 1 aliphatic rings. The molecule has 0 amide bonds. The smallest absolute Gasteiger partial charge is 0.110 e. The topological polar surface area (TPSA) is 65.1 Å². The summed E-state index contributed by atoms with van der Waals surface area (Å²) < 4.78 is 8.39. The summed E-state index contributed by atoms with van der Waals surface area (Å²) in [4.78, 5) is 4.49. The predicted molar refractivity (Wildman–Crippen MR) is 84.7 cm³/mol. The minimum Gasteiger partial charge on any atom is -0.374 e. The summed E-state index contributed by atoms with van der Waals surface area (Å²) in [5.41, 5.74) is 2.87. The SMILES string of the molecule is CCOC1(C(Cc2nccn2CC)NN)CCC(C)CC1. The summed E-state index contributed by atoms with van der Waals surface area (Å²) in [6.45, 7) is 8.20. The van der Waals surface area contributed by atoms with Crippen LogP contribution in [0.3, 0.4) is 0 Å². The number of imidazole rings is 1. The minimum absolute atomic E-state index is 0.109. The lowest BCUT2D eigenvalue weighted by Gasteiger charge is -2.44. The van der Waals surface area contributed by atoms with E-state index in [1.165, 1.54) is 12.8 Å². The Morgan fingerprint density at radius 3 is 2.76 bits per heavy atom. The van der Waals surface area contributed by atoms with Crippen molar-refractivity contribution in [3.8, 4) is 0 Å². The van der Waals surface area contributed by atoms with Crippen molar-refractivity contribution < 1.29 is 4.74 Å². The first-order chi connectivity index (χ1) is 10.1. The number of rotatable bonds is 7. The maximum absolute atomic E-state index is 6.21. The Morgan fingerprint density at radius 1 is 1.48 bits per heavy atom. The Kier molecular flexibility index (Phi) is 5.79. The minimum atomic E-state index is -0.152. The lowest BCUT2D eigenvalue weighted by atomic mass is 9.74. The second-order valence-electron chi connectivity index (χ2n) is 6.23. The van der Waals surface area contributed by atoms with Crippen molar-refractivity contribution in [2.24, 2.45) is 11.8 Å². The highest BCUT2D eigenvalue weighted by molar-refractivity contribution is 5.03. The normalized spacial score (nSPS) is 27.7. The molecule has 5 heteroatoms.